The van der Waals surface area contributed by atoms with E-state index in [9.17, 15) is 14.7 Å². The lowest BCUT2D eigenvalue weighted by atomic mass is 9.94. The van der Waals surface area contributed by atoms with Gasteiger partial charge < -0.3 is 9.84 Å². The van der Waals surface area contributed by atoms with E-state index >= 15 is 0 Å². The summed E-state index contributed by atoms with van der Waals surface area (Å²) in [5.41, 5.74) is 1.91. The van der Waals surface area contributed by atoms with Gasteiger partial charge in [0.15, 0.2) is 10.1 Å². The Hall–Kier alpha value is -2.77. The third-order valence-corrected chi connectivity index (χ3v) is 10.00. The molecule has 1 atom stereocenters. The van der Waals surface area contributed by atoms with Crippen LogP contribution in [0.5, 0.6) is 5.75 Å². The lowest BCUT2D eigenvalue weighted by Crippen LogP contribution is -2.31. The Morgan fingerprint density at radius 1 is 1.21 bits per heavy atom. The van der Waals surface area contributed by atoms with E-state index in [-0.39, 0.29) is 10.7 Å². The zero-order chi connectivity index (χ0) is 27.8. The molecule has 39 heavy (non-hydrogen) atoms. The summed E-state index contributed by atoms with van der Waals surface area (Å²) in [6.45, 7) is 3.53. The van der Waals surface area contributed by atoms with Crippen molar-refractivity contribution in [2.75, 3.05) is 12.0 Å². The lowest BCUT2D eigenvalue weighted by Gasteiger charge is -2.25. The molecule has 0 saturated heterocycles. The van der Waals surface area contributed by atoms with Crippen molar-refractivity contribution in [2.24, 2.45) is 0 Å². The zero-order valence-electron chi connectivity index (χ0n) is 20.8. The number of carbonyl (C=O) groups is 2. The van der Waals surface area contributed by atoms with Gasteiger partial charge in [0.25, 0.3) is 5.91 Å². The first kappa shape index (κ1) is 27.8. The molecule has 1 unspecified atom stereocenters. The van der Waals surface area contributed by atoms with Gasteiger partial charge in [-0.2, -0.15) is 0 Å². The number of thiazole rings is 1. The number of rotatable bonds is 8. The molecule has 1 aliphatic heterocycles. The van der Waals surface area contributed by atoms with E-state index < -0.39 is 23.5 Å². The maximum absolute atomic E-state index is 13.9. The van der Waals surface area contributed by atoms with E-state index in [4.69, 9.17) is 16.3 Å². The molecule has 0 bridgehead atoms. The highest BCUT2D eigenvalue weighted by Crippen LogP contribution is 2.47. The minimum absolute atomic E-state index is 0.0661. The van der Waals surface area contributed by atoms with Crippen LogP contribution in [0, 0.1) is 13.8 Å². The number of thioether (sulfide) groups is 1. The van der Waals surface area contributed by atoms with E-state index in [1.807, 2.05) is 24.3 Å². The molecule has 2 aromatic heterocycles. The van der Waals surface area contributed by atoms with Gasteiger partial charge in [0.1, 0.15) is 11.8 Å². The fraction of sp³-hybridized carbons (Fsp3) is 0.192. The zero-order valence-corrected chi connectivity index (χ0v) is 25.6. The number of Topliss-reactive ketones (excluding diaryl/α,β-unsaturated/α-hetero) is 1. The number of hydrogen-bond donors (Lipinski definition) is 1. The maximum Gasteiger partial charge on any atom is 0.296 e. The van der Waals surface area contributed by atoms with Crippen molar-refractivity contribution in [1.29, 1.82) is 0 Å². The van der Waals surface area contributed by atoms with Crippen molar-refractivity contribution in [3.63, 3.8) is 0 Å². The van der Waals surface area contributed by atoms with Gasteiger partial charge in [-0.3, -0.25) is 14.5 Å². The molecule has 1 amide bonds. The molecule has 1 N–H and O–H groups in total. The number of aliphatic hydroxyl groups is 1. The standard InChI is InChI=1S/C26H20BrClN4O4S3/c1-12-23(38-13(2)29-12)21(33)19-20(16-10-15(27)8-9-18(16)36-3)32(24(35)22(19)34)25-30-31-26(39-25)37-11-14-6-4-5-7-17(14)28/h4-10,20,34H,11H2,1-3H3. The lowest BCUT2D eigenvalue weighted by molar-refractivity contribution is -0.117. The number of ketones is 1. The molecule has 0 spiro atoms. The second-order valence-corrected chi connectivity index (χ2v) is 13.1. The topological polar surface area (TPSA) is 106 Å². The van der Waals surface area contributed by atoms with Gasteiger partial charge in [-0.15, -0.1) is 21.5 Å². The molecular formula is C26H20BrClN4O4S3. The molecular weight excluding hydrogens is 644 g/mol. The summed E-state index contributed by atoms with van der Waals surface area (Å²) in [6.07, 6.45) is 0. The Morgan fingerprint density at radius 2 is 1.97 bits per heavy atom. The van der Waals surface area contributed by atoms with Gasteiger partial charge in [-0.1, -0.05) is 68.8 Å². The van der Waals surface area contributed by atoms with Crippen LogP contribution in [-0.4, -0.2) is 39.1 Å². The Labute approximate surface area is 249 Å². The summed E-state index contributed by atoms with van der Waals surface area (Å²) >= 11 is 13.6. The van der Waals surface area contributed by atoms with Crippen LogP contribution in [-0.2, 0) is 10.5 Å². The summed E-state index contributed by atoms with van der Waals surface area (Å²) in [5, 5.41) is 21.2. The van der Waals surface area contributed by atoms with Gasteiger partial charge in [-0.05, 0) is 43.7 Å². The minimum atomic E-state index is -1.01. The average Bonchev–Trinajstić information content (AvgIpc) is 3.59. The minimum Gasteiger partial charge on any atom is -0.503 e. The summed E-state index contributed by atoms with van der Waals surface area (Å²) in [5.74, 6) is -0.865. The highest BCUT2D eigenvalue weighted by atomic mass is 79.9. The SMILES string of the molecule is COc1ccc(Br)cc1C1C(C(=O)c2sc(C)nc2C)=C(O)C(=O)N1c1nnc(SCc2ccccc2Cl)s1. The number of benzene rings is 2. The fourth-order valence-electron chi connectivity index (χ4n) is 4.23. The number of aromatic nitrogens is 3. The molecule has 0 fully saturated rings. The summed E-state index contributed by atoms with van der Waals surface area (Å²) in [4.78, 5) is 33.4. The number of halogens is 2. The molecule has 0 saturated carbocycles. The molecule has 2 aromatic carbocycles. The smallest absolute Gasteiger partial charge is 0.296 e. The van der Waals surface area contributed by atoms with Crippen molar-refractivity contribution in [3.05, 3.63) is 90.0 Å². The van der Waals surface area contributed by atoms with Gasteiger partial charge in [0.2, 0.25) is 10.9 Å². The number of amides is 1. The Balaban J connectivity index is 1.57. The normalized spacial score (nSPS) is 15.4. The highest BCUT2D eigenvalue weighted by molar-refractivity contribution is 9.10. The first-order valence-corrected chi connectivity index (χ1v) is 15.3. The number of aliphatic hydroxyl groups excluding tert-OH is 1. The van der Waals surface area contributed by atoms with E-state index in [0.29, 0.717) is 46.5 Å². The van der Waals surface area contributed by atoms with Crippen LogP contribution in [0.4, 0.5) is 5.13 Å². The molecule has 200 valence electrons. The number of ether oxygens (including phenoxy) is 1. The summed E-state index contributed by atoms with van der Waals surface area (Å²) in [7, 11) is 1.50. The second kappa shape index (κ2) is 11.4. The fourth-order valence-corrected chi connectivity index (χ4v) is 7.63. The molecule has 13 heteroatoms. The van der Waals surface area contributed by atoms with Crippen LogP contribution < -0.4 is 9.64 Å². The van der Waals surface area contributed by atoms with Crippen molar-refractivity contribution in [3.8, 4) is 5.75 Å². The van der Waals surface area contributed by atoms with Crippen molar-refractivity contribution >= 4 is 78.8 Å². The summed E-state index contributed by atoms with van der Waals surface area (Å²) < 4.78 is 6.91. The predicted octanol–water partition coefficient (Wildman–Crippen LogP) is 7.11. The quantitative estimate of drug-likeness (QED) is 0.121. The van der Waals surface area contributed by atoms with Gasteiger partial charge >= 0.3 is 0 Å². The van der Waals surface area contributed by atoms with Gasteiger partial charge in [0.05, 0.1) is 28.3 Å². The van der Waals surface area contributed by atoms with Crippen LogP contribution in [0.2, 0.25) is 5.02 Å². The third kappa shape index (κ3) is 5.36. The molecule has 8 nitrogen and oxygen atoms in total. The highest BCUT2D eigenvalue weighted by Gasteiger charge is 2.47. The van der Waals surface area contributed by atoms with Crippen LogP contribution in [0.25, 0.3) is 0 Å². The number of methoxy groups -OCH3 is 1. The van der Waals surface area contributed by atoms with Crippen LogP contribution in [0.3, 0.4) is 0 Å². The van der Waals surface area contributed by atoms with Gasteiger partial charge in [-0.25, -0.2) is 4.98 Å². The van der Waals surface area contributed by atoms with Gasteiger partial charge in [0, 0.05) is 20.8 Å². The van der Waals surface area contributed by atoms with E-state index in [1.54, 1.807) is 32.0 Å². The second-order valence-electron chi connectivity index (χ2n) is 8.43. The number of carbonyl (C=O) groups excluding carboxylic acids is 2. The first-order valence-electron chi connectivity index (χ1n) is 11.5. The monoisotopic (exact) mass is 662 g/mol. The van der Waals surface area contributed by atoms with E-state index in [2.05, 4.69) is 31.1 Å². The first-order chi connectivity index (χ1) is 18.7. The average molecular weight is 664 g/mol. The largest absolute Gasteiger partial charge is 0.503 e. The molecule has 1 aliphatic rings. The maximum atomic E-state index is 13.9. The Morgan fingerprint density at radius 3 is 2.67 bits per heavy atom. The van der Waals surface area contributed by atoms with Crippen molar-refractivity contribution < 1.29 is 19.4 Å². The van der Waals surface area contributed by atoms with Crippen LogP contribution in [0.15, 0.2) is 62.6 Å². The summed E-state index contributed by atoms with van der Waals surface area (Å²) in [6, 6.07) is 11.8. The Kier molecular flexibility index (Phi) is 8.11. The van der Waals surface area contributed by atoms with Crippen LogP contribution in [0.1, 0.15) is 37.5 Å². The molecule has 0 aliphatic carbocycles. The third-order valence-electron chi connectivity index (χ3n) is 5.96. The van der Waals surface area contributed by atoms with Crippen molar-refractivity contribution in [1.82, 2.24) is 15.2 Å². The molecule has 4 aromatic rings. The number of aryl methyl sites for hydroxylation is 2. The molecule has 5 rings (SSSR count). The Bertz CT molecular complexity index is 1640. The molecule has 0 radical (unpaired) electrons. The van der Waals surface area contributed by atoms with E-state index in [1.165, 1.54) is 46.4 Å². The molecule has 3 heterocycles. The number of nitrogens with zero attached hydrogens (tertiary/aromatic N) is 4. The predicted molar refractivity (Wildman–Crippen MR) is 157 cm³/mol. The van der Waals surface area contributed by atoms with E-state index in [0.717, 1.165) is 5.56 Å². The van der Waals surface area contributed by atoms with Crippen LogP contribution >= 0.6 is 62.0 Å². The van der Waals surface area contributed by atoms with Crippen molar-refractivity contribution in [2.45, 2.75) is 30.0 Å². The number of anilines is 1. The number of hydrogen-bond acceptors (Lipinski definition) is 10.